The minimum Gasteiger partial charge on any atom is -0.361 e. The highest BCUT2D eigenvalue weighted by atomic mass is 35.5. The molecule has 3 amide bonds. The summed E-state index contributed by atoms with van der Waals surface area (Å²) in [6.07, 6.45) is 6.83. The molecular formula is C36H41Cl2N7O3S. The molecule has 0 saturated carbocycles. The minimum atomic E-state index is -0.986. The van der Waals surface area contributed by atoms with Gasteiger partial charge < -0.3 is 26.3 Å². The number of likely N-dealkylation sites (N-methyl/N-ethyl adjacent to an activating group) is 1. The van der Waals surface area contributed by atoms with E-state index < -0.39 is 24.0 Å². The molecule has 0 bridgehead atoms. The Labute approximate surface area is 300 Å². The van der Waals surface area contributed by atoms with E-state index in [1.165, 1.54) is 22.9 Å². The van der Waals surface area contributed by atoms with Crippen LogP contribution in [-0.4, -0.2) is 70.5 Å². The topological polar surface area (TPSA) is 146 Å². The van der Waals surface area contributed by atoms with Crippen LogP contribution in [0, 0.1) is 5.92 Å². The van der Waals surface area contributed by atoms with Crippen LogP contribution in [0.1, 0.15) is 49.8 Å². The molecule has 49 heavy (non-hydrogen) atoms. The van der Waals surface area contributed by atoms with E-state index in [0.717, 1.165) is 22.0 Å². The molecule has 2 aromatic carbocycles. The fourth-order valence-corrected chi connectivity index (χ4v) is 7.50. The van der Waals surface area contributed by atoms with Crippen LogP contribution in [-0.2, 0) is 27.3 Å². The number of para-hydroxylation sites is 1. The van der Waals surface area contributed by atoms with Gasteiger partial charge in [-0.05, 0) is 67.1 Å². The Bertz CT molecular complexity index is 1850. The number of carbonyl (C=O) groups is 3. The number of amides is 3. The lowest BCUT2D eigenvalue weighted by Gasteiger charge is -2.31. The average Bonchev–Trinajstić information content (AvgIpc) is 3.49. The van der Waals surface area contributed by atoms with Crippen molar-refractivity contribution in [2.75, 3.05) is 13.6 Å². The molecule has 0 aliphatic carbocycles. The van der Waals surface area contributed by atoms with Crippen molar-refractivity contribution in [2.45, 2.75) is 74.1 Å². The molecule has 258 valence electrons. The highest BCUT2D eigenvalue weighted by molar-refractivity contribution is 7.99. The van der Waals surface area contributed by atoms with Crippen molar-refractivity contribution >= 4 is 69.8 Å². The molecule has 2 aromatic heterocycles. The minimum absolute atomic E-state index is 0.103. The molecule has 0 radical (unpaired) electrons. The molecular weight excluding hydrogens is 681 g/mol. The van der Waals surface area contributed by atoms with Gasteiger partial charge in [-0.3, -0.25) is 14.4 Å². The Morgan fingerprint density at radius 2 is 1.88 bits per heavy atom. The molecule has 10 nitrogen and oxygen atoms in total. The fraction of sp³-hybridized carbons (Fsp3) is 0.361. The number of pyridine rings is 1. The van der Waals surface area contributed by atoms with Crippen LogP contribution in [0.4, 0.5) is 0 Å². The number of nitrogens with one attached hydrogen (secondary N) is 3. The first-order chi connectivity index (χ1) is 23.6. The van der Waals surface area contributed by atoms with Gasteiger partial charge in [-0.15, -0.1) is 0 Å². The van der Waals surface area contributed by atoms with Gasteiger partial charge in [0, 0.05) is 65.0 Å². The van der Waals surface area contributed by atoms with Crippen LogP contribution >= 0.6 is 35.0 Å². The second-order valence-electron chi connectivity index (χ2n) is 12.4. The smallest absolute Gasteiger partial charge is 0.268 e. The largest absolute Gasteiger partial charge is 0.361 e. The van der Waals surface area contributed by atoms with Crippen molar-refractivity contribution in [3.8, 4) is 0 Å². The second-order valence-corrected chi connectivity index (χ2v) is 14.3. The molecule has 1 aliphatic rings. The van der Waals surface area contributed by atoms with E-state index in [9.17, 15) is 14.4 Å². The Morgan fingerprint density at radius 1 is 1.08 bits per heavy atom. The number of rotatable bonds is 7. The van der Waals surface area contributed by atoms with E-state index in [4.69, 9.17) is 28.9 Å². The van der Waals surface area contributed by atoms with Gasteiger partial charge in [-0.2, -0.15) is 0 Å². The summed E-state index contributed by atoms with van der Waals surface area (Å²) in [5, 5.41) is 8.77. The molecule has 3 heterocycles. The maximum absolute atomic E-state index is 14.3. The Hall–Kier alpha value is -3.74. The molecule has 0 spiro atoms. The third-order valence-electron chi connectivity index (χ3n) is 8.63. The standard InChI is InChI=1S/C36H41Cl2N7O3S/c1-21(2)31-34(47)44-29(12-6-7-13-39)36(48)45(3)30(16-23-19-41-28-11-5-4-10-26(23)28)33(46)43-20-24-15-25(37)17-27(38)32(24)49-35-22(18-42-31)9-8-14-40-35/h4-5,8-11,14-15,17,19-21,29-31,41-42H,6-7,12-13,16,18,39H2,1-3H3,(H,44,47)/b43-20+/t29-,30-,31-/m0/s1. The predicted molar refractivity (Wildman–Crippen MR) is 196 cm³/mol. The number of H-pyrrole nitrogens is 1. The first-order valence-corrected chi connectivity index (χ1v) is 17.9. The summed E-state index contributed by atoms with van der Waals surface area (Å²) >= 11 is 14.5. The summed E-state index contributed by atoms with van der Waals surface area (Å²) in [6.45, 7) is 4.68. The van der Waals surface area contributed by atoms with Crippen molar-refractivity contribution in [3.63, 3.8) is 0 Å². The number of aromatic nitrogens is 2. The Balaban J connectivity index is 1.62. The lowest BCUT2D eigenvalue weighted by molar-refractivity contribution is -0.141. The SMILES string of the molecule is CC(C)[C@@H]1NCc2cccnc2Sc2c(Cl)cc(Cl)cc2/C=N/C(=O)[C@H](Cc2c[nH]c3ccccc23)N(C)C(=O)[C@H](CCCCN)NC1=O. The van der Waals surface area contributed by atoms with Crippen molar-refractivity contribution in [3.05, 3.63) is 87.7 Å². The summed E-state index contributed by atoms with van der Waals surface area (Å²) in [6, 6.07) is 12.4. The predicted octanol–water partition coefficient (Wildman–Crippen LogP) is 5.78. The average molecular weight is 723 g/mol. The number of hydrogen-bond donors (Lipinski definition) is 4. The molecule has 0 fully saturated rings. The van der Waals surface area contributed by atoms with Gasteiger partial charge in [-0.25, -0.2) is 9.98 Å². The molecule has 13 heteroatoms. The van der Waals surface area contributed by atoms with E-state index in [1.807, 2.05) is 56.4 Å². The molecule has 0 saturated heterocycles. The zero-order chi connectivity index (χ0) is 35.1. The van der Waals surface area contributed by atoms with Gasteiger partial charge in [0.05, 0.1) is 11.1 Å². The van der Waals surface area contributed by atoms with E-state index in [-0.39, 0.29) is 24.2 Å². The van der Waals surface area contributed by atoms with Crippen molar-refractivity contribution in [2.24, 2.45) is 16.6 Å². The molecule has 3 atom stereocenters. The summed E-state index contributed by atoms with van der Waals surface area (Å²) < 4.78 is 0. The molecule has 5 N–H and O–H groups in total. The number of nitrogens with two attached hydrogens (primary N) is 1. The van der Waals surface area contributed by atoms with Crippen molar-refractivity contribution in [1.82, 2.24) is 25.5 Å². The summed E-state index contributed by atoms with van der Waals surface area (Å²) in [5.41, 5.74) is 8.92. The lowest BCUT2D eigenvalue weighted by atomic mass is 10.00. The van der Waals surface area contributed by atoms with Gasteiger partial charge in [0.2, 0.25) is 11.8 Å². The summed E-state index contributed by atoms with van der Waals surface area (Å²) in [5.74, 6) is -1.33. The van der Waals surface area contributed by atoms with E-state index in [0.29, 0.717) is 57.9 Å². The Morgan fingerprint density at radius 3 is 2.65 bits per heavy atom. The normalized spacial score (nSPS) is 20.2. The second kappa shape index (κ2) is 16.8. The van der Waals surface area contributed by atoms with Crippen LogP contribution in [0.25, 0.3) is 10.9 Å². The van der Waals surface area contributed by atoms with E-state index in [2.05, 4.69) is 25.6 Å². The third-order valence-corrected chi connectivity index (χ3v) is 10.5. The molecule has 0 unspecified atom stereocenters. The highest BCUT2D eigenvalue weighted by Crippen LogP contribution is 2.38. The number of halogens is 2. The van der Waals surface area contributed by atoms with E-state index >= 15 is 0 Å². The maximum atomic E-state index is 14.3. The van der Waals surface area contributed by atoms with Crippen molar-refractivity contribution < 1.29 is 14.4 Å². The summed E-state index contributed by atoms with van der Waals surface area (Å²) in [4.78, 5) is 56.6. The number of carbonyl (C=O) groups excluding carboxylic acids is 3. The first-order valence-electron chi connectivity index (χ1n) is 16.3. The van der Waals surface area contributed by atoms with Crippen LogP contribution in [0.5, 0.6) is 0 Å². The fourth-order valence-electron chi connectivity index (χ4n) is 5.91. The van der Waals surface area contributed by atoms with Gasteiger partial charge >= 0.3 is 0 Å². The number of benzene rings is 2. The number of unbranched alkanes of at least 4 members (excludes halogenated alkanes) is 1. The number of aliphatic imine (C=N–C) groups is 1. The number of nitrogens with zero attached hydrogens (tertiary/aromatic N) is 3. The van der Waals surface area contributed by atoms with Gasteiger partial charge in [0.15, 0.2) is 0 Å². The quantitative estimate of drug-likeness (QED) is 0.177. The van der Waals surface area contributed by atoms with Crippen LogP contribution < -0.4 is 16.4 Å². The monoisotopic (exact) mass is 721 g/mol. The molecule has 4 aromatic rings. The summed E-state index contributed by atoms with van der Waals surface area (Å²) in [7, 11) is 1.59. The van der Waals surface area contributed by atoms with Crippen LogP contribution in [0.15, 0.2) is 75.8 Å². The molecule has 1 aliphatic heterocycles. The number of aromatic amines is 1. The van der Waals surface area contributed by atoms with Crippen molar-refractivity contribution in [1.29, 1.82) is 0 Å². The lowest BCUT2D eigenvalue weighted by Crippen LogP contribution is -2.56. The number of fused-ring (bicyclic) bond motifs is 3. The van der Waals surface area contributed by atoms with Gasteiger partial charge in [0.25, 0.3) is 5.91 Å². The highest BCUT2D eigenvalue weighted by Gasteiger charge is 2.34. The van der Waals surface area contributed by atoms with E-state index in [1.54, 1.807) is 25.4 Å². The zero-order valence-corrected chi connectivity index (χ0v) is 30.0. The van der Waals surface area contributed by atoms with Crippen LogP contribution in [0.2, 0.25) is 10.0 Å². The zero-order valence-electron chi connectivity index (χ0n) is 27.7. The first kappa shape index (κ1) is 36.5. The third kappa shape index (κ3) is 8.90. The number of hydrogen-bond acceptors (Lipinski definition) is 7. The van der Waals surface area contributed by atoms with Crippen LogP contribution in [0.3, 0.4) is 0 Å². The van der Waals surface area contributed by atoms with Gasteiger partial charge in [-0.1, -0.05) is 73.1 Å². The molecule has 5 rings (SSSR count). The Kier molecular flexibility index (Phi) is 12.5. The van der Waals surface area contributed by atoms with Gasteiger partial charge in [0.1, 0.15) is 17.1 Å². The maximum Gasteiger partial charge on any atom is 0.268 e.